The lowest BCUT2D eigenvalue weighted by molar-refractivity contribution is -0.121. The number of nitrogens with zero attached hydrogens (tertiary/aromatic N) is 1. The molecule has 1 atom stereocenters. The van der Waals surface area contributed by atoms with E-state index in [1.165, 1.54) is 11.3 Å². The van der Waals surface area contributed by atoms with Crippen molar-refractivity contribution in [1.29, 1.82) is 0 Å². The van der Waals surface area contributed by atoms with Crippen molar-refractivity contribution in [3.05, 3.63) is 29.3 Å². The topological polar surface area (TPSA) is 72.3 Å². The SMILES string of the molecule is CN1CCc2cc(CC(CN)C(N)=O)ccc21. The fourth-order valence-corrected chi connectivity index (χ4v) is 2.33. The molecule has 1 heterocycles. The lowest BCUT2D eigenvalue weighted by Gasteiger charge is -2.14. The molecule has 1 aliphatic heterocycles. The molecule has 1 aliphatic rings. The normalized spacial score (nSPS) is 15.8. The van der Waals surface area contributed by atoms with E-state index >= 15 is 0 Å². The number of carbonyl (C=O) groups excluding carboxylic acids is 1. The molecular weight excluding hydrogens is 214 g/mol. The number of primary amides is 1. The van der Waals surface area contributed by atoms with Crippen molar-refractivity contribution in [3.8, 4) is 0 Å². The summed E-state index contributed by atoms with van der Waals surface area (Å²) in [5, 5.41) is 0. The van der Waals surface area contributed by atoms with E-state index in [4.69, 9.17) is 11.5 Å². The Balaban J connectivity index is 2.16. The number of fused-ring (bicyclic) bond motifs is 1. The van der Waals surface area contributed by atoms with Crippen LogP contribution in [0.25, 0.3) is 0 Å². The van der Waals surface area contributed by atoms with Gasteiger partial charge in [-0.1, -0.05) is 12.1 Å². The first-order valence-corrected chi connectivity index (χ1v) is 5.94. The van der Waals surface area contributed by atoms with Crippen LogP contribution in [0.1, 0.15) is 11.1 Å². The minimum atomic E-state index is -0.315. The molecule has 0 radical (unpaired) electrons. The number of hydrogen-bond acceptors (Lipinski definition) is 3. The first-order valence-electron chi connectivity index (χ1n) is 5.94. The summed E-state index contributed by atoms with van der Waals surface area (Å²) in [6.07, 6.45) is 1.71. The summed E-state index contributed by atoms with van der Waals surface area (Å²) in [4.78, 5) is 13.4. The smallest absolute Gasteiger partial charge is 0.222 e. The van der Waals surface area contributed by atoms with Crippen LogP contribution in [-0.4, -0.2) is 26.0 Å². The summed E-state index contributed by atoms with van der Waals surface area (Å²) >= 11 is 0. The maximum Gasteiger partial charge on any atom is 0.222 e. The molecule has 1 aromatic carbocycles. The van der Waals surface area contributed by atoms with Crippen molar-refractivity contribution in [2.75, 3.05) is 25.0 Å². The highest BCUT2D eigenvalue weighted by Crippen LogP contribution is 2.28. The predicted octanol–water partition coefficient (Wildman–Crippen LogP) is 0.282. The number of anilines is 1. The average molecular weight is 233 g/mol. The van der Waals surface area contributed by atoms with Crippen LogP contribution in [0.15, 0.2) is 18.2 Å². The van der Waals surface area contributed by atoms with Gasteiger partial charge >= 0.3 is 0 Å². The van der Waals surface area contributed by atoms with Crippen LogP contribution in [0.4, 0.5) is 5.69 Å². The van der Waals surface area contributed by atoms with Crippen LogP contribution in [0.2, 0.25) is 0 Å². The summed E-state index contributed by atoms with van der Waals surface area (Å²) in [7, 11) is 2.09. The van der Waals surface area contributed by atoms with Crippen LogP contribution in [0.3, 0.4) is 0 Å². The van der Waals surface area contributed by atoms with Crippen LogP contribution in [-0.2, 0) is 17.6 Å². The van der Waals surface area contributed by atoms with E-state index in [1.807, 2.05) is 0 Å². The van der Waals surface area contributed by atoms with Crippen LogP contribution in [0.5, 0.6) is 0 Å². The third kappa shape index (κ3) is 2.42. The number of nitrogens with two attached hydrogens (primary N) is 2. The lowest BCUT2D eigenvalue weighted by Crippen LogP contribution is -2.31. The van der Waals surface area contributed by atoms with Crippen molar-refractivity contribution in [2.24, 2.45) is 17.4 Å². The van der Waals surface area contributed by atoms with Gasteiger partial charge in [-0.15, -0.1) is 0 Å². The summed E-state index contributed by atoms with van der Waals surface area (Å²) in [5.74, 6) is -0.572. The molecular formula is C13H19N3O. The van der Waals surface area contributed by atoms with Gasteiger partial charge in [0.25, 0.3) is 0 Å². The van der Waals surface area contributed by atoms with Crippen molar-refractivity contribution in [1.82, 2.24) is 0 Å². The molecule has 1 amide bonds. The molecule has 0 saturated carbocycles. The highest BCUT2D eigenvalue weighted by molar-refractivity contribution is 5.77. The number of likely N-dealkylation sites (N-methyl/N-ethyl adjacent to an activating group) is 1. The van der Waals surface area contributed by atoms with Gasteiger partial charge in [0.15, 0.2) is 0 Å². The Morgan fingerprint density at radius 1 is 1.53 bits per heavy atom. The molecule has 1 aromatic rings. The molecule has 0 fully saturated rings. The van der Waals surface area contributed by atoms with Crippen molar-refractivity contribution < 1.29 is 4.79 Å². The summed E-state index contributed by atoms with van der Waals surface area (Å²) in [6, 6.07) is 6.35. The molecule has 17 heavy (non-hydrogen) atoms. The number of rotatable bonds is 4. The third-order valence-corrected chi connectivity index (χ3v) is 3.44. The van der Waals surface area contributed by atoms with E-state index in [1.54, 1.807) is 0 Å². The molecule has 0 aromatic heterocycles. The molecule has 0 aliphatic carbocycles. The molecule has 0 saturated heterocycles. The zero-order chi connectivity index (χ0) is 12.4. The first-order chi connectivity index (χ1) is 8.11. The maximum absolute atomic E-state index is 11.2. The van der Waals surface area contributed by atoms with Crippen LogP contribution < -0.4 is 16.4 Å². The Bertz CT molecular complexity index is 431. The fourth-order valence-electron chi connectivity index (χ4n) is 2.33. The van der Waals surface area contributed by atoms with Gasteiger partial charge in [0.2, 0.25) is 5.91 Å². The monoisotopic (exact) mass is 233 g/mol. The zero-order valence-electron chi connectivity index (χ0n) is 10.1. The van der Waals surface area contributed by atoms with Gasteiger partial charge in [-0.25, -0.2) is 0 Å². The Kier molecular flexibility index (Phi) is 3.33. The number of benzene rings is 1. The molecule has 1 unspecified atom stereocenters. The zero-order valence-corrected chi connectivity index (χ0v) is 10.1. The number of amides is 1. The Morgan fingerprint density at radius 2 is 2.29 bits per heavy atom. The minimum Gasteiger partial charge on any atom is -0.374 e. The first kappa shape index (κ1) is 11.9. The lowest BCUT2D eigenvalue weighted by atomic mass is 9.97. The summed E-state index contributed by atoms with van der Waals surface area (Å²) < 4.78 is 0. The van der Waals surface area contributed by atoms with E-state index in [-0.39, 0.29) is 11.8 Å². The van der Waals surface area contributed by atoms with Crippen LogP contribution >= 0.6 is 0 Å². The summed E-state index contributed by atoms with van der Waals surface area (Å²) in [6.45, 7) is 1.38. The standard InChI is InChI=1S/C13H19N3O/c1-16-5-4-10-6-9(2-3-12(10)16)7-11(8-14)13(15)17/h2-3,6,11H,4-5,7-8,14H2,1H3,(H2,15,17). The molecule has 92 valence electrons. The van der Waals surface area contributed by atoms with E-state index < -0.39 is 0 Å². The molecule has 4 N–H and O–H groups in total. The van der Waals surface area contributed by atoms with E-state index in [9.17, 15) is 4.79 Å². The largest absolute Gasteiger partial charge is 0.374 e. The van der Waals surface area contributed by atoms with E-state index in [2.05, 4.69) is 30.1 Å². The van der Waals surface area contributed by atoms with Gasteiger partial charge in [0, 0.05) is 25.8 Å². The van der Waals surface area contributed by atoms with E-state index in [0.717, 1.165) is 18.5 Å². The van der Waals surface area contributed by atoms with Crippen molar-refractivity contribution >= 4 is 11.6 Å². The molecule has 0 spiro atoms. The Labute approximate surface area is 102 Å². The quantitative estimate of drug-likeness (QED) is 0.784. The average Bonchev–Trinajstić information content (AvgIpc) is 2.67. The fraction of sp³-hybridized carbons (Fsp3) is 0.462. The number of hydrogen-bond donors (Lipinski definition) is 2. The molecule has 2 rings (SSSR count). The minimum absolute atomic E-state index is 0.257. The number of carbonyl (C=O) groups is 1. The Hall–Kier alpha value is -1.55. The highest BCUT2D eigenvalue weighted by Gasteiger charge is 2.18. The second-order valence-electron chi connectivity index (χ2n) is 4.67. The van der Waals surface area contributed by atoms with E-state index in [0.29, 0.717) is 13.0 Å². The van der Waals surface area contributed by atoms with Crippen molar-refractivity contribution in [3.63, 3.8) is 0 Å². The van der Waals surface area contributed by atoms with Gasteiger partial charge in [0.05, 0.1) is 5.92 Å². The maximum atomic E-state index is 11.2. The van der Waals surface area contributed by atoms with Gasteiger partial charge < -0.3 is 16.4 Å². The van der Waals surface area contributed by atoms with Gasteiger partial charge in [-0.3, -0.25) is 4.79 Å². The van der Waals surface area contributed by atoms with Gasteiger partial charge in [-0.05, 0) is 30.0 Å². The van der Waals surface area contributed by atoms with Crippen molar-refractivity contribution in [2.45, 2.75) is 12.8 Å². The molecule has 0 bridgehead atoms. The second-order valence-corrected chi connectivity index (χ2v) is 4.67. The van der Waals surface area contributed by atoms with Gasteiger partial charge in [0.1, 0.15) is 0 Å². The molecule has 4 heteroatoms. The second kappa shape index (κ2) is 4.75. The van der Waals surface area contributed by atoms with Crippen LogP contribution in [0, 0.1) is 5.92 Å². The Morgan fingerprint density at radius 3 is 2.94 bits per heavy atom. The predicted molar refractivity (Wildman–Crippen MR) is 68.9 cm³/mol. The third-order valence-electron chi connectivity index (χ3n) is 3.44. The highest BCUT2D eigenvalue weighted by atomic mass is 16.1. The van der Waals surface area contributed by atoms with Gasteiger partial charge in [-0.2, -0.15) is 0 Å². The summed E-state index contributed by atoms with van der Waals surface area (Å²) in [5.41, 5.74) is 14.6. The molecule has 4 nitrogen and oxygen atoms in total.